The number of nitrogens with zero attached hydrogens (tertiary/aromatic N) is 1. The molecule has 1 fully saturated rings. The number of rotatable bonds is 3. The lowest BCUT2D eigenvalue weighted by molar-refractivity contribution is -0.136. The van der Waals surface area contributed by atoms with E-state index in [1.165, 1.54) is 0 Å². The molecule has 1 aromatic carbocycles. The van der Waals surface area contributed by atoms with Crippen LogP contribution in [0, 0.1) is 0 Å². The number of likely N-dealkylation sites (N-methyl/N-ethyl adjacent to an activating group) is 1. The van der Waals surface area contributed by atoms with Crippen LogP contribution in [0.3, 0.4) is 0 Å². The van der Waals surface area contributed by atoms with Crippen LogP contribution >= 0.6 is 11.8 Å². The minimum atomic E-state index is -0.504. The number of hydrogen-bond acceptors (Lipinski definition) is 3. The van der Waals surface area contributed by atoms with Crippen molar-refractivity contribution in [3.05, 3.63) is 29.8 Å². The standard InChI is InChI=1S/C15H22N2OS/c1-15(2,11-4-6-12(16)7-5-11)14(18)17(3)13-8-9-19-10-13/h4-7,13H,8-10,16H2,1-3H3. The third-order valence-electron chi connectivity index (χ3n) is 3.94. The Balaban J connectivity index is 2.18. The number of nitrogen functional groups attached to an aromatic ring is 1. The van der Waals surface area contributed by atoms with Crippen LogP contribution in [0.25, 0.3) is 0 Å². The molecule has 4 heteroatoms. The number of nitrogens with two attached hydrogens (primary N) is 1. The number of amides is 1. The summed E-state index contributed by atoms with van der Waals surface area (Å²) in [7, 11) is 1.93. The Kier molecular flexibility index (Phi) is 4.09. The summed E-state index contributed by atoms with van der Waals surface area (Å²) in [4.78, 5) is 14.6. The molecule has 1 amide bonds. The van der Waals surface area contributed by atoms with E-state index in [-0.39, 0.29) is 5.91 Å². The van der Waals surface area contributed by atoms with Gasteiger partial charge in [0.05, 0.1) is 5.41 Å². The highest BCUT2D eigenvalue weighted by atomic mass is 32.2. The molecular formula is C15H22N2OS. The van der Waals surface area contributed by atoms with Gasteiger partial charge in [0, 0.05) is 24.5 Å². The molecular weight excluding hydrogens is 256 g/mol. The molecule has 1 heterocycles. The Morgan fingerprint density at radius 3 is 2.53 bits per heavy atom. The van der Waals surface area contributed by atoms with Crippen molar-refractivity contribution in [3.8, 4) is 0 Å². The Bertz CT molecular complexity index is 450. The van der Waals surface area contributed by atoms with E-state index in [9.17, 15) is 4.79 Å². The van der Waals surface area contributed by atoms with Crippen molar-refractivity contribution in [2.24, 2.45) is 0 Å². The number of hydrogen-bond donors (Lipinski definition) is 1. The van der Waals surface area contributed by atoms with E-state index in [2.05, 4.69) is 0 Å². The Labute approximate surface area is 119 Å². The van der Waals surface area contributed by atoms with Gasteiger partial charge in [-0.25, -0.2) is 0 Å². The van der Waals surface area contributed by atoms with Crippen molar-refractivity contribution in [1.82, 2.24) is 4.90 Å². The van der Waals surface area contributed by atoms with Crippen molar-refractivity contribution in [1.29, 1.82) is 0 Å². The van der Waals surface area contributed by atoms with E-state index in [0.717, 1.165) is 29.2 Å². The second kappa shape index (κ2) is 5.45. The maximum absolute atomic E-state index is 12.7. The van der Waals surface area contributed by atoms with Crippen LogP contribution in [0.15, 0.2) is 24.3 Å². The number of benzene rings is 1. The highest BCUT2D eigenvalue weighted by Gasteiger charge is 2.35. The molecule has 0 bridgehead atoms. The summed E-state index contributed by atoms with van der Waals surface area (Å²) < 4.78 is 0. The number of carbonyl (C=O) groups is 1. The summed E-state index contributed by atoms with van der Waals surface area (Å²) in [5.41, 5.74) is 6.95. The fourth-order valence-electron chi connectivity index (χ4n) is 2.46. The molecule has 1 saturated heterocycles. The molecule has 0 radical (unpaired) electrons. The van der Waals surface area contributed by atoms with Gasteiger partial charge < -0.3 is 10.6 Å². The molecule has 1 aliphatic heterocycles. The molecule has 104 valence electrons. The molecule has 3 nitrogen and oxygen atoms in total. The molecule has 1 aliphatic rings. The first-order valence-corrected chi connectivity index (χ1v) is 7.79. The zero-order chi connectivity index (χ0) is 14.0. The van der Waals surface area contributed by atoms with Crippen LogP contribution in [-0.2, 0) is 10.2 Å². The SMILES string of the molecule is CN(C(=O)C(C)(C)c1ccc(N)cc1)C1CCSC1. The second-order valence-corrected chi connectivity index (χ2v) is 6.83. The summed E-state index contributed by atoms with van der Waals surface area (Å²) >= 11 is 1.93. The van der Waals surface area contributed by atoms with Gasteiger partial charge in [-0.2, -0.15) is 11.8 Å². The monoisotopic (exact) mass is 278 g/mol. The normalized spacial score (nSPS) is 19.4. The number of thioether (sulfide) groups is 1. The minimum absolute atomic E-state index is 0.185. The Hall–Kier alpha value is -1.16. The third-order valence-corrected chi connectivity index (χ3v) is 5.09. The molecule has 0 aliphatic carbocycles. The summed E-state index contributed by atoms with van der Waals surface area (Å²) in [5.74, 6) is 2.40. The van der Waals surface area contributed by atoms with Crippen LogP contribution in [0.4, 0.5) is 5.69 Å². The van der Waals surface area contributed by atoms with Gasteiger partial charge in [-0.3, -0.25) is 4.79 Å². The topological polar surface area (TPSA) is 46.3 Å². The molecule has 2 N–H and O–H groups in total. The zero-order valence-electron chi connectivity index (χ0n) is 11.8. The number of anilines is 1. The van der Waals surface area contributed by atoms with E-state index < -0.39 is 5.41 Å². The predicted octanol–water partition coefficient (Wildman–Crippen LogP) is 2.51. The van der Waals surface area contributed by atoms with Gasteiger partial charge in [-0.15, -0.1) is 0 Å². The maximum Gasteiger partial charge on any atom is 0.232 e. The van der Waals surface area contributed by atoms with Crippen LogP contribution in [0.5, 0.6) is 0 Å². The summed E-state index contributed by atoms with van der Waals surface area (Å²) in [6, 6.07) is 7.99. The van der Waals surface area contributed by atoms with Crippen LogP contribution in [0.2, 0.25) is 0 Å². The first-order valence-electron chi connectivity index (χ1n) is 6.64. The lowest BCUT2D eigenvalue weighted by Gasteiger charge is -2.33. The molecule has 1 unspecified atom stereocenters. The lowest BCUT2D eigenvalue weighted by Crippen LogP contribution is -2.46. The Morgan fingerprint density at radius 1 is 1.37 bits per heavy atom. The lowest BCUT2D eigenvalue weighted by atomic mass is 9.83. The molecule has 2 rings (SSSR count). The van der Waals surface area contributed by atoms with Crippen molar-refractivity contribution in [3.63, 3.8) is 0 Å². The van der Waals surface area contributed by atoms with Gasteiger partial charge in [0.1, 0.15) is 0 Å². The quantitative estimate of drug-likeness (QED) is 0.864. The highest BCUT2D eigenvalue weighted by molar-refractivity contribution is 7.99. The van der Waals surface area contributed by atoms with Crippen LogP contribution in [0.1, 0.15) is 25.8 Å². The zero-order valence-corrected chi connectivity index (χ0v) is 12.7. The predicted molar refractivity (Wildman–Crippen MR) is 82.4 cm³/mol. The second-order valence-electron chi connectivity index (χ2n) is 5.68. The Morgan fingerprint density at radius 2 is 2.00 bits per heavy atom. The fraction of sp³-hybridized carbons (Fsp3) is 0.533. The average molecular weight is 278 g/mol. The highest BCUT2D eigenvalue weighted by Crippen LogP contribution is 2.29. The number of carbonyl (C=O) groups excluding carboxylic acids is 1. The summed E-state index contributed by atoms with van der Waals surface area (Å²) in [5, 5.41) is 0. The fourth-order valence-corrected chi connectivity index (χ4v) is 3.73. The molecule has 1 atom stereocenters. The van der Waals surface area contributed by atoms with Gasteiger partial charge in [-0.1, -0.05) is 12.1 Å². The molecule has 19 heavy (non-hydrogen) atoms. The maximum atomic E-state index is 12.7. The largest absolute Gasteiger partial charge is 0.399 e. The van der Waals surface area contributed by atoms with E-state index in [1.807, 2.05) is 61.8 Å². The van der Waals surface area contributed by atoms with Crippen molar-refractivity contribution >= 4 is 23.4 Å². The van der Waals surface area contributed by atoms with Crippen molar-refractivity contribution < 1.29 is 4.79 Å². The smallest absolute Gasteiger partial charge is 0.232 e. The first kappa shape index (κ1) is 14.3. The van der Waals surface area contributed by atoms with Gasteiger partial charge in [-0.05, 0) is 43.7 Å². The molecule has 0 saturated carbocycles. The third kappa shape index (κ3) is 2.89. The van der Waals surface area contributed by atoms with Gasteiger partial charge in [0.2, 0.25) is 5.91 Å². The molecule has 0 spiro atoms. The van der Waals surface area contributed by atoms with Gasteiger partial charge >= 0.3 is 0 Å². The van der Waals surface area contributed by atoms with Gasteiger partial charge in [0.15, 0.2) is 0 Å². The molecule has 1 aromatic rings. The van der Waals surface area contributed by atoms with E-state index in [4.69, 9.17) is 5.73 Å². The summed E-state index contributed by atoms with van der Waals surface area (Å²) in [6.45, 7) is 3.97. The first-order chi connectivity index (χ1) is 8.93. The van der Waals surface area contributed by atoms with Crippen molar-refractivity contribution in [2.75, 3.05) is 24.3 Å². The average Bonchev–Trinajstić information content (AvgIpc) is 2.91. The summed E-state index contributed by atoms with van der Waals surface area (Å²) in [6.07, 6.45) is 1.10. The van der Waals surface area contributed by atoms with E-state index in [0.29, 0.717) is 6.04 Å². The van der Waals surface area contributed by atoms with Crippen molar-refractivity contribution in [2.45, 2.75) is 31.7 Å². The van der Waals surface area contributed by atoms with E-state index in [1.54, 1.807) is 0 Å². The van der Waals surface area contributed by atoms with Gasteiger partial charge in [0.25, 0.3) is 0 Å². The molecule has 0 aromatic heterocycles. The van der Waals surface area contributed by atoms with E-state index >= 15 is 0 Å². The van der Waals surface area contributed by atoms with Crippen LogP contribution in [-0.4, -0.2) is 35.4 Å². The van der Waals surface area contributed by atoms with Crippen LogP contribution < -0.4 is 5.73 Å². The minimum Gasteiger partial charge on any atom is -0.399 e.